The van der Waals surface area contributed by atoms with Crippen molar-refractivity contribution in [3.8, 4) is 5.75 Å². The van der Waals surface area contributed by atoms with Crippen molar-refractivity contribution in [1.82, 2.24) is 5.32 Å². The molecule has 1 N–H and O–H groups in total. The number of methoxy groups -OCH3 is 1. The minimum Gasteiger partial charge on any atom is -0.497 e. The predicted octanol–water partition coefficient (Wildman–Crippen LogP) is 1.15. The van der Waals surface area contributed by atoms with E-state index >= 15 is 0 Å². The van der Waals surface area contributed by atoms with Gasteiger partial charge in [-0.15, -0.1) is 0 Å². The van der Waals surface area contributed by atoms with Gasteiger partial charge in [0, 0.05) is 5.56 Å². The van der Waals surface area contributed by atoms with Gasteiger partial charge in [-0.05, 0) is 31.2 Å². The molecule has 0 fully saturated rings. The molecule has 1 atom stereocenters. The van der Waals surface area contributed by atoms with Crippen molar-refractivity contribution in [1.29, 1.82) is 0 Å². The first-order chi connectivity index (χ1) is 7.74. The molecule has 1 heterocycles. The fourth-order valence-electron chi connectivity index (χ4n) is 1.61. The number of rotatable bonds is 2. The molecule has 4 heteroatoms. The van der Waals surface area contributed by atoms with Gasteiger partial charge in [-0.1, -0.05) is 0 Å². The van der Waals surface area contributed by atoms with Crippen LogP contribution in [0.5, 0.6) is 5.75 Å². The van der Waals surface area contributed by atoms with E-state index in [4.69, 9.17) is 4.74 Å². The molecule has 1 aromatic carbocycles. The number of hydrogen-bond acceptors (Lipinski definition) is 4. The van der Waals surface area contributed by atoms with Crippen LogP contribution >= 0.6 is 0 Å². The summed E-state index contributed by atoms with van der Waals surface area (Å²) < 4.78 is 5.07. The Bertz CT molecular complexity index is 470. The predicted molar refractivity (Wildman–Crippen MR) is 61.3 cm³/mol. The van der Waals surface area contributed by atoms with Crippen LogP contribution in [0.4, 0.5) is 0 Å². The fraction of sp³-hybridized carbons (Fsp3) is 0.250. The zero-order valence-electron chi connectivity index (χ0n) is 9.15. The van der Waals surface area contributed by atoms with Gasteiger partial charge >= 0.3 is 0 Å². The zero-order valence-corrected chi connectivity index (χ0v) is 9.15. The molecule has 0 aliphatic carbocycles. The van der Waals surface area contributed by atoms with Crippen LogP contribution in [0.1, 0.15) is 12.5 Å². The molecule has 1 aliphatic rings. The number of aliphatic imine (C=N–C) groups is 1. The van der Waals surface area contributed by atoms with E-state index in [1.54, 1.807) is 7.11 Å². The van der Waals surface area contributed by atoms with E-state index < -0.39 is 0 Å². The summed E-state index contributed by atoms with van der Waals surface area (Å²) in [5, 5.41) is 2.94. The number of benzene rings is 1. The number of nitrogens with zero attached hydrogens (tertiary/aromatic N) is 1. The van der Waals surface area contributed by atoms with Crippen LogP contribution in [0.25, 0.3) is 0 Å². The normalized spacial score (nSPS) is 18.8. The highest BCUT2D eigenvalue weighted by molar-refractivity contribution is 6.17. The standard InChI is InChI=1S/C12H12N2O2/c1-8-13-11(7-15)12(14-8)9-3-5-10(16-2)6-4-9/h3-6,8,13H,1-2H3. The highest BCUT2D eigenvalue weighted by Crippen LogP contribution is 2.17. The Morgan fingerprint density at radius 3 is 2.62 bits per heavy atom. The molecule has 1 aromatic rings. The van der Waals surface area contributed by atoms with Crippen molar-refractivity contribution in [2.24, 2.45) is 4.99 Å². The Morgan fingerprint density at radius 1 is 1.38 bits per heavy atom. The average molecular weight is 216 g/mol. The zero-order chi connectivity index (χ0) is 11.5. The lowest BCUT2D eigenvalue weighted by molar-refractivity contribution is 0.415. The largest absolute Gasteiger partial charge is 0.497 e. The van der Waals surface area contributed by atoms with Crippen molar-refractivity contribution in [3.63, 3.8) is 0 Å². The molecule has 4 nitrogen and oxygen atoms in total. The Labute approximate surface area is 93.6 Å². The van der Waals surface area contributed by atoms with E-state index in [1.165, 1.54) is 0 Å². The van der Waals surface area contributed by atoms with Gasteiger partial charge in [0.15, 0.2) is 5.94 Å². The fourth-order valence-corrected chi connectivity index (χ4v) is 1.61. The van der Waals surface area contributed by atoms with Gasteiger partial charge in [0.2, 0.25) is 0 Å². The van der Waals surface area contributed by atoms with Crippen LogP contribution in [0.3, 0.4) is 0 Å². The maximum atomic E-state index is 10.7. The molecule has 0 amide bonds. The Morgan fingerprint density at radius 2 is 2.06 bits per heavy atom. The third-order valence-corrected chi connectivity index (χ3v) is 2.38. The monoisotopic (exact) mass is 216 g/mol. The van der Waals surface area contributed by atoms with E-state index in [1.807, 2.05) is 37.1 Å². The summed E-state index contributed by atoms with van der Waals surface area (Å²) in [6.07, 6.45) is -0.0754. The van der Waals surface area contributed by atoms with Crippen molar-refractivity contribution >= 4 is 11.7 Å². The summed E-state index contributed by atoms with van der Waals surface area (Å²) in [7, 11) is 1.61. The van der Waals surface area contributed by atoms with E-state index in [2.05, 4.69) is 10.3 Å². The molecule has 16 heavy (non-hydrogen) atoms. The average Bonchev–Trinajstić information content (AvgIpc) is 2.70. The van der Waals surface area contributed by atoms with Gasteiger partial charge in [-0.2, -0.15) is 0 Å². The van der Waals surface area contributed by atoms with Gasteiger partial charge in [0.05, 0.1) is 7.11 Å². The van der Waals surface area contributed by atoms with Gasteiger partial charge in [0.25, 0.3) is 0 Å². The first-order valence-electron chi connectivity index (χ1n) is 4.99. The maximum absolute atomic E-state index is 10.7. The van der Waals surface area contributed by atoms with Gasteiger partial charge in [0.1, 0.15) is 23.3 Å². The summed E-state index contributed by atoms with van der Waals surface area (Å²) >= 11 is 0. The Kier molecular flexibility index (Phi) is 2.75. The van der Waals surface area contributed by atoms with Crippen molar-refractivity contribution < 1.29 is 9.53 Å². The maximum Gasteiger partial charge on any atom is 0.152 e. The summed E-state index contributed by atoms with van der Waals surface area (Å²) in [6, 6.07) is 7.41. The second-order valence-corrected chi connectivity index (χ2v) is 3.50. The molecule has 1 unspecified atom stereocenters. The van der Waals surface area contributed by atoms with Crippen LogP contribution in [0, 0.1) is 0 Å². The first kappa shape index (κ1) is 10.5. The Balaban J connectivity index is 2.36. The smallest absolute Gasteiger partial charge is 0.152 e. The molecule has 82 valence electrons. The lowest BCUT2D eigenvalue weighted by atomic mass is 10.1. The number of hydrogen-bond donors (Lipinski definition) is 1. The molecule has 0 bridgehead atoms. The highest BCUT2D eigenvalue weighted by atomic mass is 16.5. The molecule has 0 saturated carbocycles. The number of allylic oxidation sites excluding steroid dienone is 1. The summed E-state index contributed by atoms with van der Waals surface area (Å²) in [6.45, 7) is 1.88. The third kappa shape index (κ3) is 1.83. The van der Waals surface area contributed by atoms with Crippen LogP contribution < -0.4 is 10.1 Å². The molecule has 0 saturated heterocycles. The first-order valence-corrected chi connectivity index (χ1v) is 4.99. The second-order valence-electron chi connectivity index (χ2n) is 3.50. The molecular formula is C12H12N2O2. The summed E-state index contributed by atoms with van der Waals surface area (Å²) in [5.74, 6) is 2.64. The van der Waals surface area contributed by atoms with Crippen LogP contribution in [-0.2, 0) is 4.79 Å². The number of carbonyl (C=O) groups excluding carboxylic acids is 1. The minimum absolute atomic E-state index is 0.0754. The van der Waals surface area contributed by atoms with Gasteiger partial charge in [-0.3, -0.25) is 4.99 Å². The number of ether oxygens (including phenoxy) is 1. The second kappa shape index (κ2) is 4.21. The van der Waals surface area contributed by atoms with E-state index in [0.717, 1.165) is 11.3 Å². The minimum atomic E-state index is -0.0754. The third-order valence-electron chi connectivity index (χ3n) is 2.38. The van der Waals surface area contributed by atoms with Crippen molar-refractivity contribution in [3.05, 3.63) is 35.5 Å². The SMILES string of the molecule is COc1ccc(C2=NC(C)NC2=C=O)cc1. The van der Waals surface area contributed by atoms with Crippen LogP contribution in [-0.4, -0.2) is 24.9 Å². The van der Waals surface area contributed by atoms with Crippen molar-refractivity contribution in [2.75, 3.05) is 7.11 Å². The molecular weight excluding hydrogens is 204 g/mol. The quantitative estimate of drug-likeness (QED) is 0.754. The summed E-state index contributed by atoms with van der Waals surface area (Å²) in [4.78, 5) is 15.1. The van der Waals surface area contributed by atoms with Crippen molar-refractivity contribution in [2.45, 2.75) is 13.1 Å². The van der Waals surface area contributed by atoms with Gasteiger partial charge < -0.3 is 10.1 Å². The topological polar surface area (TPSA) is 50.7 Å². The molecule has 0 radical (unpaired) electrons. The molecule has 2 rings (SSSR count). The molecule has 1 aliphatic heterocycles. The lowest BCUT2D eigenvalue weighted by Gasteiger charge is -2.02. The molecule has 0 spiro atoms. The van der Waals surface area contributed by atoms with E-state index in [-0.39, 0.29) is 6.17 Å². The Hall–Kier alpha value is -2.06. The van der Waals surface area contributed by atoms with Crippen LogP contribution in [0.15, 0.2) is 35.0 Å². The molecule has 0 aromatic heterocycles. The van der Waals surface area contributed by atoms with Gasteiger partial charge in [-0.25, -0.2) is 4.79 Å². The van der Waals surface area contributed by atoms with E-state index in [0.29, 0.717) is 11.4 Å². The lowest BCUT2D eigenvalue weighted by Crippen LogP contribution is -2.18. The highest BCUT2D eigenvalue weighted by Gasteiger charge is 2.20. The number of nitrogens with one attached hydrogen (secondary N) is 1. The van der Waals surface area contributed by atoms with Crippen LogP contribution in [0.2, 0.25) is 0 Å². The summed E-state index contributed by atoms with van der Waals surface area (Å²) in [5.41, 5.74) is 1.96. The van der Waals surface area contributed by atoms with E-state index in [9.17, 15) is 4.79 Å².